The van der Waals surface area contributed by atoms with E-state index in [1.807, 2.05) is 13.0 Å². The van der Waals surface area contributed by atoms with Gasteiger partial charge in [0.2, 0.25) is 0 Å². The van der Waals surface area contributed by atoms with Crippen LogP contribution in [0.15, 0.2) is 12.1 Å². The predicted octanol–water partition coefficient (Wildman–Crippen LogP) is 4.42. The fourth-order valence-corrected chi connectivity index (χ4v) is 3.01. The van der Waals surface area contributed by atoms with E-state index in [0.29, 0.717) is 6.04 Å². The van der Waals surface area contributed by atoms with E-state index in [0.717, 1.165) is 38.9 Å². The molecule has 1 unspecified atom stereocenters. The van der Waals surface area contributed by atoms with E-state index in [2.05, 4.69) is 37.1 Å². The van der Waals surface area contributed by atoms with E-state index in [1.165, 1.54) is 6.42 Å². The summed E-state index contributed by atoms with van der Waals surface area (Å²) in [6.07, 6.45) is 2.39. The lowest BCUT2D eigenvalue weighted by Crippen LogP contribution is -2.16. The minimum absolute atomic E-state index is 0.432. The van der Waals surface area contributed by atoms with Crippen molar-refractivity contribution in [2.24, 2.45) is 5.92 Å². The maximum atomic E-state index is 6.12. The smallest absolute Gasteiger partial charge is 0.0907 e. The molecule has 1 aromatic carbocycles. The third-order valence-electron chi connectivity index (χ3n) is 3.25. The van der Waals surface area contributed by atoms with Crippen LogP contribution < -0.4 is 11.1 Å². The van der Waals surface area contributed by atoms with Crippen molar-refractivity contribution < 1.29 is 0 Å². The number of hydrogen-bond acceptors (Lipinski definition) is 4. The molecule has 2 aromatic rings. The van der Waals surface area contributed by atoms with Gasteiger partial charge in [0.05, 0.1) is 26.6 Å². The summed E-state index contributed by atoms with van der Waals surface area (Å²) in [5, 5.41) is 4.59. The molecule has 1 heterocycles. The molecule has 0 aliphatic carbocycles. The van der Waals surface area contributed by atoms with Crippen molar-refractivity contribution >= 4 is 32.9 Å². The van der Waals surface area contributed by atoms with Gasteiger partial charge in [-0.1, -0.05) is 13.8 Å². The number of nitrogen functional groups attached to an aromatic ring is 1. The predicted molar refractivity (Wildman–Crippen MR) is 85.9 cm³/mol. The molecule has 0 bridgehead atoms. The van der Waals surface area contributed by atoms with Gasteiger partial charge in [-0.2, -0.15) is 0 Å². The number of nitrogens with zero attached hydrogens (tertiary/aromatic N) is 1. The first-order valence-corrected chi connectivity index (χ1v) is 7.70. The van der Waals surface area contributed by atoms with Gasteiger partial charge < -0.3 is 11.1 Å². The minimum Gasteiger partial charge on any atom is -0.397 e. The van der Waals surface area contributed by atoms with Crippen LogP contribution in [0.4, 0.5) is 11.4 Å². The fraction of sp³-hybridized carbons (Fsp3) is 0.533. The molecule has 0 spiro atoms. The lowest BCUT2D eigenvalue weighted by atomic mass is 10.0. The minimum atomic E-state index is 0.432. The van der Waals surface area contributed by atoms with Gasteiger partial charge in [-0.05, 0) is 44.7 Å². The topological polar surface area (TPSA) is 50.9 Å². The molecule has 1 atom stereocenters. The Morgan fingerprint density at radius 1 is 1.26 bits per heavy atom. The molecule has 0 saturated heterocycles. The van der Waals surface area contributed by atoms with Gasteiger partial charge in [-0.15, -0.1) is 11.3 Å². The summed E-state index contributed by atoms with van der Waals surface area (Å²) in [5.41, 5.74) is 8.97. The number of benzene rings is 1. The molecule has 4 heteroatoms. The molecule has 2 rings (SSSR count). The molecule has 0 saturated carbocycles. The molecule has 0 aliphatic heterocycles. The SMILES string of the molecule is Cc1nc2cc(NC(C)CCC(C)C)c(N)cc2s1. The van der Waals surface area contributed by atoms with Gasteiger partial charge in [-0.3, -0.25) is 0 Å². The molecular formula is C15H23N3S. The van der Waals surface area contributed by atoms with E-state index in [9.17, 15) is 0 Å². The summed E-state index contributed by atoms with van der Waals surface area (Å²) in [6.45, 7) is 8.74. The van der Waals surface area contributed by atoms with Crippen molar-refractivity contribution in [2.45, 2.75) is 46.6 Å². The number of fused-ring (bicyclic) bond motifs is 1. The lowest BCUT2D eigenvalue weighted by Gasteiger charge is -2.17. The second kappa shape index (κ2) is 5.78. The molecule has 104 valence electrons. The Hall–Kier alpha value is -1.29. The summed E-state index contributed by atoms with van der Waals surface area (Å²) in [4.78, 5) is 4.52. The van der Waals surface area contributed by atoms with Crippen LogP contribution in [0.5, 0.6) is 0 Å². The molecular weight excluding hydrogens is 254 g/mol. The number of nitrogens with one attached hydrogen (secondary N) is 1. The standard InChI is InChI=1S/C15H23N3S/c1-9(2)5-6-10(3)17-13-8-14-15(7-12(13)16)19-11(4)18-14/h7-10,17H,5-6,16H2,1-4H3. The summed E-state index contributed by atoms with van der Waals surface area (Å²) in [7, 11) is 0. The van der Waals surface area contributed by atoms with Crippen LogP contribution in [0.2, 0.25) is 0 Å². The highest BCUT2D eigenvalue weighted by molar-refractivity contribution is 7.18. The Bertz CT molecular complexity index is 560. The molecule has 0 fully saturated rings. The van der Waals surface area contributed by atoms with Crippen molar-refractivity contribution in [3.63, 3.8) is 0 Å². The van der Waals surface area contributed by atoms with Crippen molar-refractivity contribution in [1.82, 2.24) is 4.98 Å². The summed E-state index contributed by atoms with van der Waals surface area (Å²) in [6, 6.07) is 4.53. The van der Waals surface area contributed by atoms with E-state index >= 15 is 0 Å². The average Bonchev–Trinajstić information content (AvgIpc) is 2.66. The zero-order chi connectivity index (χ0) is 14.0. The maximum absolute atomic E-state index is 6.12. The Kier molecular flexibility index (Phi) is 4.30. The monoisotopic (exact) mass is 277 g/mol. The second-order valence-corrected chi connectivity index (χ2v) is 6.89. The van der Waals surface area contributed by atoms with Crippen molar-refractivity contribution in [2.75, 3.05) is 11.1 Å². The number of thiazole rings is 1. The highest BCUT2D eigenvalue weighted by Crippen LogP contribution is 2.30. The Morgan fingerprint density at radius 3 is 2.68 bits per heavy atom. The molecule has 19 heavy (non-hydrogen) atoms. The van der Waals surface area contributed by atoms with Crippen molar-refractivity contribution in [3.05, 3.63) is 17.1 Å². The van der Waals surface area contributed by atoms with Crippen LogP contribution in [0.25, 0.3) is 10.2 Å². The largest absolute Gasteiger partial charge is 0.397 e. The number of aryl methyl sites for hydroxylation is 1. The number of nitrogens with two attached hydrogens (primary N) is 1. The van der Waals surface area contributed by atoms with Gasteiger partial charge in [-0.25, -0.2) is 4.98 Å². The van der Waals surface area contributed by atoms with Crippen LogP contribution >= 0.6 is 11.3 Å². The summed E-state index contributed by atoms with van der Waals surface area (Å²) < 4.78 is 1.16. The van der Waals surface area contributed by atoms with Crippen molar-refractivity contribution in [1.29, 1.82) is 0 Å². The normalized spacial score (nSPS) is 13.1. The second-order valence-electron chi connectivity index (χ2n) is 5.66. The zero-order valence-corrected chi connectivity index (χ0v) is 13.0. The summed E-state index contributed by atoms with van der Waals surface area (Å²) >= 11 is 1.69. The first-order valence-electron chi connectivity index (χ1n) is 6.89. The molecule has 3 nitrogen and oxygen atoms in total. The number of rotatable bonds is 5. The van der Waals surface area contributed by atoms with Gasteiger partial charge >= 0.3 is 0 Å². The average molecular weight is 277 g/mol. The van der Waals surface area contributed by atoms with Gasteiger partial charge in [0.15, 0.2) is 0 Å². The third kappa shape index (κ3) is 3.60. The van der Waals surface area contributed by atoms with E-state index in [-0.39, 0.29) is 0 Å². The number of hydrogen-bond donors (Lipinski definition) is 2. The highest BCUT2D eigenvalue weighted by atomic mass is 32.1. The molecule has 0 radical (unpaired) electrons. The molecule has 1 aromatic heterocycles. The zero-order valence-electron chi connectivity index (χ0n) is 12.2. The quantitative estimate of drug-likeness (QED) is 0.795. The third-order valence-corrected chi connectivity index (χ3v) is 4.18. The molecule has 3 N–H and O–H groups in total. The van der Waals surface area contributed by atoms with Crippen molar-refractivity contribution in [3.8, 4) is 0 Å². The summed E-state index contributed by atoms with van der Waals surface area (Å²) in [5.74, 6) is 0.741. The highest BCUT2D eigenvalue weighted by Gasteiger charge is 2.09. The number of anilines is 2. The van der Waals surface area contributed by atoms with Crippen LogP contribution in [0.1, 0.15) is 38.6 Å². The maximum Gasteiger partial charge on any atom is 0.0907 e. The lowest BCUT2D eigenvalue weighted by molar-refractivity contribution is 0.528. The van der Waals surface area contributed by atoms with E-state index in [1.54, 1.807) is 11.3 Å². The Morgan fingerprint density at radius 2 is 2.00 bits per heavy atom. The van der Waals surface area contributed by atoms with Gasteiger partial charge in [0.25, 0.3) is 0 Å². The van der Waals surface area contributed by atoms with Gasteiger partial charge in [0, 0.05) is 6.04 Å². The van der Waals surface area contributed by atoms with E-state index in [4.69, 9.17) is 5.73 Å². The van der Waals surface area contributed by atoms with Crippen LogP contribution in [0.3, 0.4) is 0 Å². The fourth-order valence-electron chi connectivity index (χ4n) is 2.15. The van der Waals surface area contributed by atoms with Crippen LogP contribution in [0, 0.1) is 12.8 Å². The molecule has 0 amide bonds. The van der Waals surface area contributed by atoms with Gasteiger partial charge in [0.1, 0.15) is 0 Å². The molecule has 0 aliphatic rings. The van der Waals surface area contributed by atoms with Crippen LogP contribution in [-0.4, -0.2) is 11.0 Å². The Balaban J connectivity index is 2.13. The number of aromatic nitrogens is 1. The first kappa shape index (κ1) is 14.1. The van der Waals surface area contributed by atoms with Crippen LogP contribution in [-0.2, 0) is 0 Å². The van der Waals surface area contributed by atoms with E-state index < -0.39 is 0 Å². The Labute approximate surface area is 119 Å². The first-order chi connectivity index (χ1) is 8.95.